The van der Waals surface area contributed by atoms with E-state index < -0.39 is 0 Å². The van der Waals surface area contributed by atoms with Crippen molar-refractivity contribution in [2.24, 2.45) is 0 Å². The second kappa shape index (κ2) is 7.71. The lowest BCUT2D eigenvalue weighted by Crippen LogP contribution is -2.28. The summed E-state index contributed by atoms with van der Waals surface area (Å²) >= 11 is 1.55. The van der Waals surface area contributed by atoms with Gasteiger partial charge in [0.25, 0.3) is 0 Å². The van der Waals surface area contributed by atoms with E-state index >= 15 is 0 Å². The van der Waals surface area contributed by atoms with E-state index in [0.29, 0.717) is 24.6 Å². The van der Waals surface area contributed by atoms with Gasteiger partial charge in [0.2, 0.25) is 0 Å². The Bertz CT molecular complexity index is 341. The number of rotatable bonds is 7. The van der Waals surface area contributed by atoms with E-state index in [0.717, 1.165) is 35.3 Å². The molecule has 0 spiro atoms. The number of phenolic OH excluding ortho intramolecular Hbond substituents is 1. The number of phenols is 1. The summed E-state index contributed by atoms with van der Waals surface area (Å²) in [4.78, 5) is 1.95. The van der Waals surface area contributed by atoms with E-state index in [-0.39, 0.29) is 5.75 Å². The predicted molar refractivity (Wildman–Crippen MR) is 75.2 cm³/mol. The fourth-order valence-electron chi connectivity index (χ4n) is 1.54. The molecule has 0 unspecified atom stereocenters. The standard InChI is InChI=1S/C11H17NO3S2/c1-9-2-3-11(13)10(8-9)12(4-6-16-14)5-7-17-15/h2-3,8,13-15H,4-7H2,1H3. The molecular weight excluding hydrogens is 258 g/mol. The molecule has 0 saturated carbocycles. The van der Waals surface area contributed by atoms with Crippen LogP contribution in [0.5, 0.6) is 5.75 Å². The van der Waals surface area contributed by atoms with Crippen molar-refractivity contribution in [3.63, 3.8) is 0 Å². The molecule has 0 aliphatic rings. The van der Waals surface area contributed by atoms with Gasteiger partial charge < -0.3 is 19.1 Å². The number of aryl methyl sites for hydroxylation is 1. The normalized spacial score (nSPS) is 10.5. The molecule has 0 atom stereocenters. The topological polar surface area (TPSA) is 63.9 Å². The summed E-state index contributed by atoms with van der Waals surface area (Å²) in [5.41, 5.74) is 1.81. The first kappa shape index (κ1) is 14.5. The van der Waals surface area contributed by atoms with Gasteiger partial charge in [-0.3, -0.25) is 0 Å². The highest BCUT2D eigenvalue weighted by Gasteiger charge is 2.11. The molecule has 0 saturated heterocycles. The molecule has 96 valence electrons. The van der Waals surface area contributed by atoms with Gasteiger partial charge >= 0.3 is 0 Å². The van der Waals surface area contributed by atoms with Gasteiger partial charge in [0, 0.05) is 24.6 Å². The van der Waals surface area contributed by atoms with E-state index in [4.69, 9.17) is 9.11 Å². The minimum Gasteiger partial charge on any atom is -0.506 e. The van der Waals surface area contributed by atoms with Gasteiger partial charge in [-0.05, 0) is 48.7 Å². The van der Waals surface area contributed by atoms with E-state index in [1.165, 1.54) is 0 Å². The van der Waals surface area contributed by atoms with Crippen molar-refractivity contribution < 1.29 is 14.2 Å². The first-order valence-electron chi connectivity index (χ1n) is 5.26. The fraction of sp³-hybridized carbons (Fsp3) is 0.455. The Morgan fingerprint density at radius 1 is 1.12 bits per heavy atom. The minimum atomic E-state index is 0.224. The molecular formula is C11H17NO3S2. The molecule has 0 aliphatic heterocycles. The van der Waals surface area contributed by atoms with E-state index in [2.05, 4.69) is 0 Å². The van der Waals surface area contributed by atoms with Crippen LogP contribution in [0.25, 0.3) is 0 Å². The minimum absolute atomic E-state index is 0.224. The third-order valence-electron chi connectivity index (χ3n) is 2.38. The van der Waals surface area contributed by atoms with Crippen molar-refractivity contribution in [3.05, 3.63) is 23.8 Å². The Balaban J connectivity index is 2.82. The van der Waals surface area contributed by atoms with Gasteiger partial charge in [0.05, 0.1) is 5.69 Å². The summed E-state index contributed by atoms with van der Waals surface area (Å²) in [5, 5.41) is 9.82. The average molecular weight is 275 g/mol. The number of hydrogen-bond acceptors (Lipinski definition) is 6. The molecule has 6 heteroatoms. The maximum Gasteiger partial charge on any atom is 0.138 e. The van der Waals surface area contributed by atoms with Crippen molar-refractivity contribution in [1.82, 2.24) is 0 Å². The highest BCUT2D eigenvalue weighted by molar-refractivity contribution is 7.93. The zero-order valence-corrected chi connectivity index (χ0v) is 11.3. The lowest BCUT2D eigenvalue weighted by atomic mass is 10.2. The highest BCUT2D eigenvalue weighted by Crippen LogP contribution is 2.28. The second-order valence-corrected chi connectivity index (χ2v) is 4.98. The predicted octanol–water partition coefficient (Wildman–Crippen LogP) is 2.92. The summed E-state index contributed by atoms with van der Waals surface area (Å²) in [6.45, 7) is 3.21. The van der Waals surface area contributed by atoms with Gasteiger partial charge in [0.15, 0.2) is 0 Å². The summed E-state index contributed by atoms with van der Waals surface area (Å²) < 4.78 is 17.6. The van der Waals surface area contributed by atoms with E-state index in [1.807, 2.05) is 24.0 Å². The van der Waals surface area contributed by atoms with Gasteiger partial charge in [-0.15, -0.1) is 0 Å². The maximum absolute atomic E-state index is 9.82. The van der Waals surface area contributed by atoms with Crippen LogP contribution in [0.2, 0.25) is 0 Å². The molecule has 1 aromatic carbocycles. The molecule has 0 fully saturated rings. The van der Waals surface area contributed by atoms with Crippen molar-refractivity contribution in [1.29, 1.82) is 0 Å². The summed E-state index contributed by atoms with van der Waals surface area (Å²) in [6.07, 6.45) is 0. The average Bonchev–Trinajstić information content (AvgIpc) is 2.33. The molecule has 3 N–H and O–H groups in total. The highest BCUT2D eigenvalue weighted by atomic mass is 32.2. The Labute approximate surface area is 110 Å². The third-order valence-corrected chi connectivity index (χ3v) is 3.11. The molecule has 0 aliphatic carbocycles. The molecule has 0 bridgehead atoms. The zero-order valence-electron chi connectivity index (χ0n) is 9.67. The monoisotopic (exact) mass is 275 g/mol. The number of nitrogens with zero attached hydrogens (tertiary/aromatic N) is 1. The van der Waals surface area contributed by atoms with Crippen LogP contribution < -0.4 is 4.90 Å². The molecule has 1 aromatic rings. The Hall–Kier alpha value is -0.560. The fourth-order valence-corrected chi connectivity index (χ4v) is 2.15. The third kappa shape index (κ3) is 4.67. The van der Waals surface area contributed by atoms with Crippen LogP contribution in [0.3, 0.4) is 0 Å². The van der Waals surface area contributed by atoms with Gasteiger partial charge in [-0.25, -0.2) is 0 Å². The molecule has 17 heavy (non-hydrogen) atoms. The van der Waals surface area contributed by atoms with Crippen molar-refractivity contribution in [2.45, 2.75) is 6.92 Å². The number of aromatic hydroxyl groups is 1. The Morgan fingerprint density at radius 3 is 2.24 bits per heavy atom. The number of hydrogen-bond donors (Lipinski definition) is 3. The molecule has 0 aromatic heterocycles. The van der Waals surface area contributed by atoms with E-state index in [9.17, 15) is 5.11 Å². The van der Waals surface area contributed by atoms with Crippen molar-refractivity contribution in [2.75, 3.05) is 29.5 Å². The number of anilines is 1. The van der Waals surface area contributed by atoms with Gasteiger partial charge in [0.1, 0.15) is 5.75 Å². The second-order valence-electron chi connectivity index (χ2n) is 3.65. The van der Waals surface area contributed by atoms with Crippen LogP contribution in [0.4, 0.5) is 5.69 Å². The van der Waals surface area contributed by atoms with E-state index in [1.54, 1.807) is 6.07 Å². The lowest BCUT2D eigenvalue weighted by Gasteiger charge is -2.25. The van der Waals surface area contributed by atoms with Crippen LogP contribution in [-0.2, 0) is 0 Å². The Kier molecular flexibility index (Phi) is 6.57. The summed E-state index contributed by atoms with van der Waals surface area (Å²) in [6, 6.07) is 5.41. The molecule has 4 nitrogen and oxygen atoms in total. The van der Waals surface area contributed by atoms with Gasteiger partial charge in [-0.2, -0.15) is 0 Å². The summed E-state index contributed by atoms with van der Waals surface area (Å²) in [5.74, 6) is 1.34. The van der Waals surface area contributed by atoms with Crippen LogP contribution in [-0.4, -0.2) is 38.8 Å². The molecule has 0 radical (unpaired) electrons. The van der Waals surface area contributed by atoms with Crippen LogP contribution >= 0.6 is 24.1 Å². The summed E-state index contributed by atoms with van der Waals surface area (Å²) in [7, 11) is 0. The smallest absolute Gasteiger partial charge is 0.138 e. The molecule has 0 amide bonds. The largest absolute Gasteiger partial charge is 0.506 e. The van der Waals surface area contributed by atoms with Crippen LogP contribution in [0.15, 0.2) is 18.2 Å². The molecule has 1 rings (SSSR count). The van der Waals surface area contributed by atoms with Crippen molar-refractivity contribution in [3.8, 4) is 5.75 Å². The Morgan fingerprint density at radius 2 is 1.71 bits per heavy atom. The van der Waals surface area contributed by atoms with Gasteiger partial charge in [-0.1, -0.05) is 6.07 Å². The molecule has 0 heterocycles. The number of benzene rings is 1. The van der Waals surface area contributed by atoms with Crippen LogP contribution in [0, 0.1) is 6.92 Å². The maximum atomic E-state index is 9.82. The lowest BCUT2D eigenvalue weighted by molar-refractivity contribution is 0.474. The first-order chi connectivity index (χ1) is 8.19. The SMILES string of the molecule is Cc1ccc(O)c(N(CCSO)CCSO)c1. The van der Waals surface area contributed by atoms with Crippen molar-refractivity contribution >= 4 is 29.8 Å². The zero-order chi connectivity index (χ0) is 12.7. The quantitative estimate of drug-likeness (QED) is 0.665. The first-order valence-corrected chi connectivity index (χ1v) is 7.15. The van der Waals surface area contributed by atoms with Crippen LogP contribution in [0.1, 0.15) is 5.56 Å².